The molecule has 1 unspecified atom stereocenters. The summed E-state index contributed by atoms with van der Waals surface area (Å²) < 4.78 is 4.29. The number of rotatable bonds is 7. The molecule has 4 rings (SSSR count). The van der Waals surface area contributed by atoms with E-state index in [0.29, 0.717) is 24.2 Å². The Morgan fingerprint density at radius 2 is 1.80 bits per heavy atom. The lowest BCUT2D eigenvalue weighted by Gasteiger charge is -2.23. The Balaban J connectivity index is 1.62. The van der Waals surface area contributed by atoms with Crippen LogP contribution in [0.3, 0.4) is 0 Å². The van der Waals surface area contributed by atoms with Crippen LogP contribution in [0.5, 0.6) is 0 Å². The molecule has 0 saturated heterocycles. The second-order valence-corrected chi connectivity index (χ2v) is 9.61. The molecule has 0 radical (unpaired) electrons. The third kappa shape index (κ3) is 3.79. The van der Waals surface area contributed by atoms with Gasteiger partial charge in [-0.15, -0.1) is 21.5 Å². The van der Waals surface area contributed by atoms with Gasteiger partial charge in [-0.3, -0.25) is 13.8 Å². The maximum Gasteiger partial charge on any atom is 0.272 e. The number of benzene rings is 1. The van der Waals surface area contributed by atoms with Gasteiger partial charge in [0.05, 0.1) is 12.1 Å². The summed E-state index contributed by atoms with van der Waals surface area (Å²) in [6, 6.07) is 11.1. The number of aromatic nitrogens is 4. The highest BCUT2D eigenvalue weighted by Gasteiger charge is 2.19. The van der Waals surface area contributed by atoms with Crippen molar-refractivity contribution in [3.63, 3.8) is 0 Å². The summed E-state index contributed by atoms with van der Waals surface area (Å²) in [4.78, 5) is 12.5. The SMILES string of the molecule is CC(C)Cc1ccc(C(NCc2nnc3n(C)c(=O)c4sccc4n23)C(C)C)cc1. The minimum Gasteiger partial charge on any atom is -0.303 e. The molecule has 0 amide bonds. The molecule has 0 aliphatic heterocycles. The first-order valence-corrected chi connectivity index (χ1v) is 11.4. The van der Waals surface area contributed by atoms with Crippen molar-refractivity contribution in [3.8, 4) is 0 Å². The number of fused-ring (bicyclic) bond motifs is 3. The van der Waals surface area contributed by atoms with E-state index in [1.807, 2.05) is 15.8 Å². The summed E-state index contributed by atoms with van der Waals surface area (Å²) in [6.45, 7) is 9.51. The maximum atomic E-state index is 12.5. The molecule has 0 aliphatic rings. The quantitative estimate of drug-likeness (QED) is 0.481. The van der Waals surface area contributed by atoms with Crippen molar-refractivity contribution in [2.45, 2.75) is 46.7 Å². The van der Waals surface area contributed by atoms with Crippen molar-refractivity contribution >= 4 is 27.3 Å². The van der Waals surface area contributed by atoms with E-state index in [9.17, 15) is 4.79 Å². The molecule has 30 heavy (non-hydrogen) atoms. The van der Waals surface area contributed by atoms with Gasteiger partial charge in [0.1, 0.15) is 4.70 Å². The minimum atomic E-state index is -0.0269. The van der Waals surface area contributed by atoms with Crippen LogP contribution in [-0.4, -0.2) is 19.2 Å². The van der Waals surface area contributed by atoms with Crippen LogP contribution in [0.25, 0.3) is 16.0 Å². The van der Waals surface area contributed by atoms with Gasteiger partial charge in [-0.2, -0.15) is 0 Å². The summed E-state index contributed by atoms with van der Waals surface area (Å²) >= 11 is 1.46. The fraction of sp³-hybridized carbons (Fsp3) is 0.435. The van der Waals surface area contributed by atoms with Gasteiger partial charge in [0.15, 0.2) is 5.82 Å². The van der Waals surface area contributed by atoms with Gasteiger partial charge in [0, 0.05) is 13.1 Å². The average molecular weight is 424 g/mol. The van der Waals surface area contributed by atoms with Crippen molar-refractivity contribution < 1.29 is 0 Å². The van der Waals surface area contributed by atoms with E-state index in [4.69, 9.17) is 0 Å². The molecule has 3 heterocycles. The van der Waals surface area contributed by atoms with Crippen molar-refractivity contribution in [1.82, 2.24) is 24.5 Å². The molecule has 0 fully saturated rings. The summed E-state index contributed by atoms with van der Waals surface area (Å²) in [5.41, 5.74) is 3.50. The van der Waals surface area contributed by atoms with Gasteiger partial charge < -0.3 is 5.32 Å². The Labute approximate surface area is 180 Å². The van der Waals surface area contributed by atoms with Crippen LogP contribution in [0.2, 0.25) is 0 Å². The number of hydrogen-bond acceptors (Lipinski definition) is 5. The molecule has 6 nitrogen and oxygen atoms in total. The van der Waals surface area contributed by atoms with Crippen molar-refractivity contribution in [3.05, 3.63) is 63.0 Å². The van der Waals surface area contributed by atoms with E-state index in [0.717, 1.165) is 22.5 Å². The third-order valence-corrected chi connectivity index (χ3v) is 6.42. The molecule has 0 bridgehead atoms. The molecule has 7 heteroatoms. The molecule has 0 spiro atoms. The van der Waals surface area contributed by atoms with Crippen LogP contribution in [-0.2, 0) is 20.0 Å². The van der Waals surface area contributed by atoms with Crippen LogP contribution >= 0.6 is 11.3 Å². The predicted molar refractivity (Wildman–Crippen MR) is 123 cm³/mol. The van der Waals surface area contributed by atoms with Crippen LogP contribution in [0.15, 0.2) is 40.5 Å². The van der Waals surface area contributed by atoms with Gasteiger partial charge in [-0.05, 0) is 40.8 Å². The number of hydrogen-bond donors (Lipinski definition) is 1. The molecule has 1 atom stereocenters. The lowest BCUT2D eigenvalue weighted by Crippen LogP contribution is -2.26. The highest BCUT2D eigenvalue weighted by atomic mass is 32.1. The van der Waals surface area contributed by atoms with E-state index in [1.165, 1.54) is 22.5 Å². The fourth-order valence-electron chi connectivity index (χ4n) is 4.04. The number of nitrogens with one attached hydrogen (secondary N) is 1. The Morgan fingerprint density at radius 1 is 1.07 bits per heavy atom. The van der Waals surface area contributed by atoms with E-state index in [1.54, 1.807) is 11.6 Å². The highest BCUT2D eigenvalue weighted by Crippen LogP contribution is 2.24. The van der Waals surface area contributed by atoms with Crippen LogP contribution < -0.4 is 10.9 Å². The Bertz CT molecular complexity index is 1220. The average Bonchev–Trinajstić information content (AvgIpc) is 3.34. The van der Waals surface area contributed by atoms with E-state index >= 15 is 0 Å². The largest absolute Gasteiger partial charge is 0.303 e. The smallest absolute Gasteiger partial charge is 0.272 e. The first-order chi connectivity index (χ1) is 14.4. The van der Waals surface area contributed by atoms with Gasteiger partial charge in [0.2, 0.25) is 5.78 Å². The summed E-state index contributed by atoms with van der Waals surface area (Å²) in [7, 11) is 1.75. The van der Waals surface area contributed by atoms with Gasteiger partial charge in [-0.1, -0.05) is 52.0 Å². The second-order valence-electron chi connectivity index (χ2n) is 8.69. The Morgan fingerprint density at radius 3 is 2.47 bits per heavy atom. The van der Waals surface area contributed by atoms with Crippen LogP contribution in [0, 0.1) is 11.8 Å². The fourth-order valence-corrected chi connectivity index (χ4v) is 4.89. The molecule has 0 saturated carbocycles. The van der Waals surface area contributed by atoms with Gasteiger partial charge in [-0.25, -0.2) is 0 Å². The summed E-state index contributed by atoms with van der Waals surface area (Å²) in [5, 5.41) is 14.3. The van der Waals surface area contributed by atoms with E-state index in [2.05, 4.69) is 67.5 Å². The summed E-state index contributed by atoms with van der Waals surface area (Å²) in [5.74, 6) is 2.46. The highest BCUT2D eigenvalue weighted by molar-refractivity contribution is 7.17. The molecule has 1 aromatic carbocycles. The second kappa shape index (κ2) is 8.32. The Hall–Kier alpha value is -2.51. The molecular weight excluding hydrogens is 394 g/mol. The van der Waals surface area contributed by atoms with Gasteiger partial charge >= 0.3 is 0 Å². The lowest BCUT2D eigenvalue weighted by molar-refractivity contribution is 0.405. The minimum absolute atomic E-state index is 0.0269. The first kappa shape index (κ1) is 20.8. The molecule has 158 valence electrons. The third-order valence-electron chi connectivity index (χ3n) is 5.53. The standard InChI is InChI=1S/C23H29N5OS/c1-14(2)12-16-6-8-17(9-7-16)20(15(3)4)24-13-19-25-26-23-27(5)22(29)21-18(28(19)23)10-11-30-21/h6-11,14-15,20,24H,12-13H2,1-5H3. The maximum absolute atomic E-state index is 12.5. The lowest BCUT2D eigenvalue weighted by atomic mass is 9.94. The van der Waals surface area contributed by atoms with Crippen molar-refractivity contribution in [1.29, 1.82) is 0 Å². The van der Waals surface area contributed by atoms with Crippen LogP contribution in [0.4, 0.5) is 0 Å². The number of thiophene rings is 1. The molecule has 4 aromatic rings. The molecular formula is C23H29N5OS. The zero-order valence-electron chi connectivity index (χ0n) is 18.2. The van der Waals surface area contributed by atoms with Crippen molar-refractivity contribution in [2.75, 3.05) is 0 Å². The van der Waals surface area contributed by atoms with Crippen molar-refractivity contribution in [2.24, 2.45) is 18.9 Å². The monoisotopic (exact) mass is 423 g/mol. The first-order valence-electron chi connectivity index (χ1n) is 10.5. The van der Waals surface area contributed by atoms with Crippen LogP contribution in [0.1, 0.15) is 50.7 Å². The number of nitrogens with zero attached hydrogens (tertiary/aromatic N) is 4. The topological polar surface area (TPSA) is 64.2 Å². The number of aryl methyl sites for hydroxylation is 1. The molecule has 1 N–H and O–H groups in total. The van der Waals surface area contributed by atoms with E-state index < -0.39 is 0 Å². The summed E-state index contributed by atoms with van der Waals surface area (Å²) in [6.07, 6.45) is 1.10. The predicted octanol–water partition coefficient (Wildman–Crippen LogP) is 4.33. The zero-order valence-corrected chi connectivity index (χ0v) is 19.0. The normalized spacial score (nSPS) is 13.2. The Kier molecular flexibility index (Phi) is 5.75. The molecule has 0 aliphatic carbocycles. The molecule has 3 aromatic heterocycles. The van der Waals surface area contributed by atoms with Gasteiger partial charge in [0.25, 0.3) is 5.56 Å². The zero-order chi connectivity index (χ0) is 21.4. The van der Waals surface area contributed by atoms with E-state index in [-0.39, 0.29) is 11.6 Å².